The van der Waals surface area contributed by atoms with Crippen LogP contribution in [0, 0.1) is 11.3 Å². The normalized spacial score (nSPS) is 25.1. The molecule has 1 aliphatic rings. The zero-order chi connectivity index (χ0) is 11.3. The molecule has 0 bridgehead atoms. The fraction of sp³-hybridized carbons (Fsp3) is 0.917. The van der Waals surface area contributed by atoms with Gasteiger partial charge in [-0.1, -0.05) is 6.92 Å². The maximum absolute atomic E-state index is 8.68. The van der Waals surface area contributed by atoms with Gasteiger partial charge in [-0.05, 0) is 39.8 Å². The molecule has 86 valence electrons. The van der Waals surface area contributed by atoms with Crippen LogP contribution in [0.2, 0.25) is 0 Å². The Kier molecular flexibility index (Phi) is 5.07. The third-order valence-electron chi connectivity index (χ3n) is 3.59. The first-order valence-corrected chi connectivity index (χ1v) is 6.00. The molecule has 1 fully saturated rings. The van der Waals surface area contributed by atoms with Crippen LogP contribution in [0.3, 0.4) is 0 Å². The quantitative estimate of drug-likeness (QED) is 0.660. The fourth-order valence-corrected chi connectivity index (χ4v) is 2.24. The lowest BCUT2D eigenvalue weighted by Crippen LogP contribution is -2.49. The highest BCUT2D eigenvalue weighted by atomic mass is 15.2. The van der Waals surface area contributed by atoms with E-state index in [9.17, 15) is 0 Å². The molecule has 0 N–H and O–H groups in total. The van der Waals surface area contributed by atoms with Gasteiger partial charge < -0.3 is 0 Å². The predicted molar refractivity (Wildman–Crippen MR) is 62.6 cm³/mol. The van der Waals surface area contributed by atoms with Gasteiger partial charge in [0.15, 0.2) is 0 Å². The molecule has 0 spiro atoms. The topological polar surface area (TPSA) is 30.3 Å². The van der Waals surface area contributed by atoms with Crippen molar-refractivity contribution in [3.63, 3.8) is 0 Å². The number of piperidine rings is 1. The second-order valence-electron chi connectivity index (χ2n) is 4.62. The minimum atomic E-state index is 0.555. The van der Waals surface area contributed by atoms with E-state index in [0.29, 0.717) is 18.6 Å². The van der Waals surface area contributed by atoms with Crippen LogP contribution >= 0.6 is 0 Å². The van der Waals surface area contributed by atoms with Crippen molar-refractivity contribution in [1.29, 1.82) is 5.26 Å². The van der Waals surface area contributed by atoms with E-state index in [0.717, 1.165) is 6.54 Å². The molecule has 3 heteroatoms. The molecular formula is C12H23N3. The summed E-state index contributed by atoms with van der Waals surface area (Å²) in [5.74, 6) is 0. The van der Waals surface area contributed by atoms with Crippen LogP contribution in [-0.4, -0.2) is 48.6 Å². The van der Waals surface area contributed by atoms with Gasteiger partial charge in [-0.3, -0.25) is 9.80 Å². The number of nitriles is 1. The lowest BCUT2D eigenvalue weighted by atomic mass is 10.0. The second kappa shape index (κ2) is 6.09. The number of likely N-dealkylation sites (tertiary alicyclic amines) is 1. The van der Waals surface area contributed by atoms with Crippen LogP contribution in [0.15, 0.2) is 0 Å². The van der Waals surface area contributed by atoms with Gasteiger partial charge in [0, 0.05) is 18.6 Å². The Morgan fingerprint density at radius 1 is 1.60 bits per heavy atom. The summed E-state index contributed by atoms with van der Waals surface area (Å²) < 4.78 is 0. The molecule has 1 rings (SSSR count). The molecule has 2 unspecified atom stereocenters. The van der Waals surface area contributed by atoms with Crippen LogP contribution in [0.4, 0.5) is 0 Å². The van der Waals surface area contributed by atoms with E-state index in [1.165, 1.54) is 25.8 Å². The van der Waals surface area contributed by atoms with Crippen molar-refractivity contribution in [2.45, 2.75) is 45.2 Å². The van der Waals surface area contributed by atoms with E-state index in [2.05, 4.69) is 36.8 Å². The van der Waals surface area contributed by atoms with Crippen molar-refractivity contribution in [3.05, 3.63) is 0 Å². The summed E-state index contributed by atoms with van der Waals surface area (Å²) in [6.45, 7) is 7.46. The Bertz CT molecular complexity index is 221. The summed E-state index contributed by atoms with van der Waals surface area (Å²) in [5.41, 5.74) is 0. The molecule has 0 aromatic rings. The van der Waals surface area contributed by atoms with Crippen molar-refractivity contribution in [3.8, 4) is 6.07 Å². The fourth-order valence-electron chi connectivity index (χ4n) is 2.24. The maximum Gasteiger partial charge on any atom is 0.0866 e. The Morgan fingerprint density at radius 2 is 2.33 bits per heavy atom. The molecule has 1 aliphatic heterocycles. The molecule has 0 aliphatic carbocycles. The molecule has 0 saturated carbocycles. The van der Waals surface area contributed by atoms with E-state index in [4.69, 9.17) is 5.26 Å². The summed E-state index contributed by atoms with van der Waals surface area (Å²) >= 11 is 0. The monoisotopic (exact) mass is 209 g/mol. The van der Waals surface area contributed by atoms with Crippen molar-refractivity contribution in [1.82, 2.24) is 9.80 Å². The SMILES string of the molecule is CCC(C)N1CCCC(N(C)CC#N)C1. The number of nitrogens with zero attached hydrogens (tertiary/aromatic N) is 3. The Labute approximate surface area is 93.7 Å². The van der Waals surface area contributed by atoms with Crippen LogP contribution in [0.25, 0.3) is 0 Å². The zero-order valence-electron chi connectivity index (χ0n) is 10.2. The summed E-state index contributed by atoms with van der Waals surface area (Å²) in [4.78, 5) is 4.75. The first-order chi connectivity index (χ1) is 7.19. The van der Waals surface area contributed by atoms with Crippen molar-refractivity contribution in [2.75, 3.05) is 26.7 Å². The van der Waals surface area contributed by atoms with E-state index in [-0.39, 0.29) is 0 Å². The first kappa shape index (κ1) is 12.5. The van der Waals surface area contributed by atoms with Gasteiger partial charge >= 0.3 is 0 Å². The van der Waals surface area contributed by atoms with Gasteiger partial charge in [0.1, 0.15) is 0 Å². The molecule has 1 saturated heterocycles. The molecule has 0 amide bonds. The summed E-state index contributed by atoms with van der Waals surface area (Å²) in [6.07, 6.45) is 3.73. The van der Waals surface area contributed by atoms with Crippen LogP contribution in [-0.2, 0) is 0 Å². The average molecular weight is 209 g/mol. The van der Waals surface area contributed by atoms with Crippen LogP contribution in [0.1, 0.15) is 33.1 Å². The van der Waals surface area contributed by atoms with Gasteiger partial charge in [0.25, 0.3) is 0 Å². The second-order valence-corrected chi connectivity index (χ2v) is 4.62. The first-order valence-electron chi connectivity index (χ1n) is 6.00. The van der Waals surface area contributed by atoms with Gasteiger partial charge in [-0.2, -0.15) is 5.26 Å². The van der Waals surface area contributed by atoms with E-state index in [1.807, 2.05) is 0 Å². The third-order valence-corrected chi connectivity index (χ3v) is 3.59. The van der Waals surface area contributed by atoms with Crippen molar-refractivity contribution in [2.24, 2.45) is 0 Å². The standard InChI is InChI=1S/C12H23N3/c1-4-11(2)15-8-5-6-12(10-15)14(3)9-7-13/h11-12H,4-6,8-10H2,1-3H3. The number of likely N-dealkylation sites (N-methyl/N-ethyl adjacent to an activating group) is 1. The van der Waals surface area contributed by atoms with E-state index >= 15 is 0 Å². The summed E-state index contributed by atoms with van der Waals surface area (Å²) in [6, 6.07) is 3.49. The smallest absolute Gasteiger partial charge is 0.0866 e. The zero-order valence-corrected chi connectivity index (χ0v) is 10.2. The molecule has 0 aromatic carbocycles. The van der Waals surface area contributed by atoms with Gasteiger partial charge in [0.2, 0.25) is 0 Å². The minimum Gasteiger partial charge on any atom is -0.299 e. The minimum absolute atomic E-state index is 0.555. The molecule has 0 aromatic heterocycles. The molecule has 2 atom stereocenters. The number of hydrogen-bond acceptors (Lipinski definition) is 3. The Hall–Kier alpha value is -0.590. The van der Waals surface area contributed by atoms with E-state index in [1.54, 1.807) is 0 Å². The molecule has 1 heterocycles. The largest absolute Gasteiger partial charge is 0.299 e. The molecular weight excluding hydrogens is 186 g/mol. The van der Waals surface area contributed by atoms with Crippen LogP contribution in [0.5, 0.6) is 0 Å². The van der Waals surface area contributed by atoms with Gasteiger partial charge in [-0.15, -0.1) is 0 Å². The van der Waals surface area contributed by atoms with Crippen molar-refractivity contribution >= 4 is 0 Å². The van der Waals surface area contributed by atoms with E-state index < -0.39 is 0 Å². The number of rotatable bonds is 4. The predicted octanol–water partition coefficient (Wildman–Crippen LogP) is 1.70. The van der Waals surface area contributed by atoms with Crippen LogP contribution < -0.4 is 0 Å². The highest BCUT2D eigenvalue weighted by Crippen LogP contribution is 2.17. The number of hydrogen-bond donors (Lipinski definition) is 0. The molecule has 3 nitrogen and oxygen atoms in total. The lowest BCUT2D eigenvalue weighted by Gasteiger charge is -2.39. The Balaban J connectivity index is 2.45. The summed E-state index contributed by atoms with van der Waals surface area (Å²) in [5, 5.41) is 8.68. The van der Waals surface area contributed by atoms with Crippen molar-refractivity contribution < 1.29 is 0 Å². The summed E-state index contributed by atoms with van der Waals surface area (Å²) in [7, 11) is 2.06. The highest BCUT2D eigenvalue weighted by molar-refractivity contribution is 4.85. The maximum atomic E-state index is 8.68. The highest BCUT2D eigenvalue weighted by Gasteiger charge is 2.24. The van der Waals surface area contributed by atoms with Gasteiger partial charge in [-0.25, -0.2) is 0 Å². The molecule has 0 radical (unpaired) electrons. The average Bonchev–Trinajstić information content (AvgIpc) is 2.28. The molecule has 15 heavy (non-hydrogen) atoms. The Morgan fingerprint density at radius 3 is 2.93 bits per heavy atom. The lowest BCUT2D eigenvalue weighted by molar-refractivity contribution is 0.0948. The third kappa shape index (κ3) is 3.48. The van der Waals surface area contributed by atoms with Gasteiger partial charge in [0.05, 0.1) is 12.6 Å².